The molecule has 102 valence electrons. The van der Waals surface area contributed by atoms with Crippen molar-refractivity contribution in [2.45, 2.75) is 11.7 Å². The van der Waals surface area contributed by atoms with Crippen LogP contribution in [0.3, 0.4) is 0 Å². The van der Waals surface area contributed by atoms with E-state index in [0.717, 1.165) is 0 Å². The highest BCUT2D eigenvalue weighted by Gasteiger charge is 2.57. The number of aromatic hydroxyl groups is 1. The van der Waals surface area contributed by atoms with Crippen molar-refractivity contribution in [2.75, 3.05) is 20.3 Å². The molecule has 1 aliphatic heterocycles. The summed E-state index contributed by atoms with van der Waals surface area (Å²) in [5.74, 6) is -1.22. The molecule has 3 rings (SSSR count). The summed E-state index contributed by atoms with van der Waals surface area (Å²) in [6.45, 7) is -0.0702. The molecule has 1 aromatic rings. The van der Waals surface area contributed by atoms with E-state index in [2.05, 4.69) is 0 Å². The van der Waals surface area contributed by atoms with Gasteiger partial charge in [0.15, 0.2) is 5.78 Å². The van der Waals surface area contributed by atoms with E-state index in [9.17, 15) is 20.1 Å². The fraction of sp³-hybridized carbons (Fsp3) is 0.462. The van der Waals surface area contributed by atoms with Crippen LogP contribution < -0.4 is 4.74 Å². The summed E-state index contributed by atoms with van der Waals surface area (Å²) in [6, 6.07) is 2.76. The molecule has 0 spiro atoms. The third-order valence-corrected chi connectivity index (χ3v) is 3.91. The summed E-state index contributed by atoms with van der Waals surface area (Å²) in [4.78, 5) is 12.3. The number of rotatable bonds is 1. The van der Waals surface area contributed by atoms with Gasteiger partial charge in [-0.15, -0.1) is 0 Å². The number of benzene rings is 1. The molecule has 1 heterocycles. The number of hydrogen-bond donors (Lipinski definition) is 3. The smallest absolute Gasteiger partial charge is 0.175 e. The predicted molar refractivity (Wildman–Crippen MR) is 63.2 cm³/mol. The summed E-state index contributed by atoms with van der Waals surface area (Å²) in [5.41, 5.74) is -1.43. The summed E-state index contributed by atoms with van der Waals surface area (Å²) in [7, 11) is 1.41. The summed E-state index contributed by atoms with van der Waals surface area (Å²) >= 11 is 0. The lowest BCUT2D eigenvalue weighted by Gasteiger charge is -2.37. The lowest BCUT2D eigenvalue weighted by Crippen LogP contribution is -2.50. The van der Waals surface area contributed by atoms with E-state index in [4.69, 9.17) is 9.47 Å². The van der Waals surface area contributed by atoms with Gasteiger partial charge in [-0.3, -0.25) is 4.79 Å². The maximum atomic E-state index is 12.3. The number of carbonyl (C=O) groups excluding carboxylic acids is 1. The maximum absolute atomic E-state index is 12.3. The van der Waals surface area contributed by atoms with Crippen LogP contribution in [-0.2, 0) is 4.74 Å². The van der Waals surface area contributed by atoms with Crippen molar-refractivity contribution < 1.29 is 29.6 Å². The molecule has 0 amide bonds. The summed E-state index contributed by atoms with van der Waals surface area (Å²) in [5, 5.41) is 30.7. The molecule has 2 aliphatic rings. The molecule has 3 N–H and O–H groups in total. The van der Waals surface area contributed by atoms with Gasteiger partial charge in [0.1, 0.15) is 23.2 Å². The van der Waals surface area contributed by atoms with Crippen LogP contribution in [0.4, 0.5) is 0 Å². The van der Waals surface area contributed by atoms with Crippen LogP contribution in [0.25, 0.3) is 0 Å². The number of aliphatic hydroxyl groups is 2. The number of phenolic OH excluding ortho intramolecular Hbond substituents is 1. The van der Waals surface area contributed by atoms with Gasteiger partial charge in [-0.25, -0.2) is 0 Å². The van der Waals surface area contributed by atoms with Crippen LogP contribution in [0.1, 0.15) is 22.0 Å². The lowest BCUT2D eigenvalue weighted by molar-refractivity contribution is -0.0979. The molecule has 3 atom stereocenters. The van der Waals surface area contributed by atoms with Crippen molar-refractivity contribution >= 4 is 5.78 Å². The molecule has 0 unspecified atom stereocenters. The molecule has 1 aromatic carbocycles. The van der Waals surface area contributed by atoms with Crippen molar-refractivity contribution in [3.05, 3.63) is 23.3 Å². The predicted octanol–water partition coefficient (Wildman–Crippen LogP) is 0.00800. The Morgan fingerprint density at radius 3 is 2.89 bits per heavy atom. The van der Waals surface area contributed by atoms with Crippen LogP contribution in [0, 0.1) is 5.92 Å². The normalized spacial score (nSPS) is 32.9. The monoisotopic (exact) mass is 266 g/mol. The average molecular weight is 266 g/mol. The Morgan fingerprint density at radius 2 is 2.21 bits per heavy atom. The Labute approximate surface area is 109 Å². The highest BCUT2D eigenvalue weighted by molar-refractivity contribution is 6.04. The van der Waals surface area contributed by atoms with E-state index in [1.54, 1.807) is 0 Å². The number of phenols is 1. The maximum Gasteiger partial charge on any atom is 0.175 e. The van der Waals surface area contributed by atoms with Crippen molar-refractivity contribution in [1.82, 2.24) is 0 Å². The average Bonchev–Trinajstić information content (AvgIpc) is 2.79. The molecule has 6 heteroatoms. The van der Waals surface area contributed by atoms with Gasteiger partial charge < -0.3 is 24.8 Å². The van der Waals surface area contributed by atoms with Gasteiger partial charge in [-0.1, -0.05) is 0 Å². The molecule has 1 saturated heterocycles. The Hall–Kier alpha value is -1.63. The molecule has 6 nitrogen and oxygen atoms in total. The fourth-order valence-electron chi connectivity index (χ4n) is 2.82. The van der Waals surface area contributed by atoms with Crippen LogP contribution in [0.15, 0.2) is 12.1 Å². The van der Waals surface area contributed by atoms with Crippen LogP contribution in [-0.4, -0.2) is 47.0 Å². The largest absolute Gasteiger partial charge is 0.507 e. The third kappa shape index (κ3) is 1.51. The minimum absolute atomic E-state index is 0.0356. The molecular weight excluding hydrogens is 252 g/mol. The Bertz CT molecular complexity index is 554. The Balaban J connectivity index is 2.22. The highest BCUT2D eigenvalue weighted by atomic mass is 16.5. The highest BCUT2D eigenvalue weighted by Crippen LogP contribution is 2.47. The first-order valence-corrected chi connectivity index (χ1v) is 5.92. The van der Waals surface area contributed by atoms with Crippen LogP contribution >= 0.6 is 0 Å². The second kappa shape index (κ2) is 3.93. The van der Waals surface area contributed by atoms with Gasteiger partial charge in [0.2, 0.25) is 0 Å². The first-order valence-electron chi connectivity index (χ1n) is 5.92. The standard InChI is InChI=1S/C13H14O6/c1-18-6-2-7-10(9(14)3-6)11(15)8-4-19-5-13(8,17)12(7)16/h2-3,8,12,14,16-17H,4-5H2,1H3/t8-,12-,13+/m0/s1. The molecule has 1 aliphatic carbocycles. The number of methoxy groups -OCH3 is 1. The fourth-order valence-corrected chi connectivity index (χ4v) is 2.82. The zero-order chi connectivity index (χ0) is 13.8. The van der Waals surface area contributed by atoms with Crippen LogP contribution in [0.2, 0.25) is 0 Å². The van der Waals surface area contributed by atoms with E-state index in [0.29, 0.717) is 5.75 Å². The molecular formula is C13H14O6. The van der Waals surface area contributed by atoms with Gasteiger partial charge in [0.05, 0.1) is 31.8 Å². The molecule has 0 radical (unpaired) electrons. The Kier molecular flexibility index (Phi) is 2.57. The number of aliphatic hydroxyl groups excluding tert-OH is 1. The number of Topliss-reactive ketones (excluding diaryl/α,β-unsaturated/α-hetero) is 1. The van der Waals surface area contributed by atoms with Gasteiger partial charge in [0, 0.05) is 11.6 Å². The van der Waals surface area contributed by atoms with Crippen molar-refractivity contribution in [3.8, 4) is 11.5 Å². The number of fused-ring (bicyclic) bond motifs is 2. The zero-order valence-corrected chi connectivity index (χ0v) is 10.3. The third-order valence-electron chi connectivity index (χ3n) is 3.91. The van der Waals surface area contributed by atoms with E-state index < -0.39 is 23.4 Å². The Morgan fingerprint density at radius 1 is 1.47 bits per heavy atom. The van der Waals surface area contributed by atoms with Crippen molar-refractivity contribution in [1.29, 1.82) is 0 Å². The quantitative estimate of drug-likeness (QED) is 0.662. The molecule has 0 aromatic heterocycles. The van der Waals surface area contributed by atoms with E-state index in [-0.39, 0.29) is 30.1 Å². The number of hydrogen-bond acceptors (Lipinski definition) is 6. The zero-order valence-electron chi connectivity index (χ0n) is 10.3. The summed E-state index contributed by atoms with van der Waals surface area (Å²) < 4.78 is 10.1. The van der Waals surface area contributed by atoms with Gasteiger partial charge in [-0.05, 0) is 6.07 Å². The second-order valence-electron chi connectivity index (χ2n) is 4.94. The second-order valence-corrected chi connectivity index (χ2v) is 4.94. The minimum atomic E-state index is -1.64. The van der Waals surface area contributed by atoms with E-state index in [1.807, 2.05) is 0 Å². The molecule has 1 fully saturated rings. The lowest BCUT2D eigenvalue weighted by atomic mass is 9.71. The van der Waals surface area contributed by atoms with Crippen LogP contribution in [0.5, 0.6) is 11.5 Å². The summed E-state index contributed by atoms with van der Waals surface area (Å²) in [6.07, 6.45) is -1.30. The first kappa shape index (κ1) is 12.4. The van der Waals surface area contributed by atoms with Crippen molar-refractivity contribution in [3.63, 3.8) is 0 Å². The van der Waals surface area contributed by atoms with Gasteiger partial charge in [-0.2, -0.15) is 0 Å². The van der Waals surface area contributed by atoms with E-state index in [1.165, 1.54) is 19.2 Å². The minimum Gasteiger partial charge on any atom is -0.507 e. The topological polar surface area (TPSA) is 96.2 Å². The SMILES string of the molecule is COc1cc(O)c2c(c1)[C@H](O)[C@@]1(O)COC[C@H]1C2=O. The first-order chi connectivity index (χ1) is 8.99. The molecule has 0 saturated carbocycles. The molecule has 0 bridgehead atoms. The van der Waals surface area contributed by atoms with Crippen molar-refractivity contribution in [2.24, 2.45) is 5.92 Å². The van der Waals surface area contributed by atoms with E-state index >= 15 is 0 Å². The molecule has 19 heavy (non-hydrogen) atoms. The number of ether oxygens (including phenoxy) is 2. The number of carbonyl (C=O) groups is 1. The van der Waals surface area contributed by atoms with Gasteiger partial charge >= 0.3 is 0 Å². The van der Waals surface area contributed by atoms with Gasteiger partial charge in [0.25, 0.3) is 0 Å². The number of ketones is 1.